The lowest BCUT2D eigenvalue weighted by Crippen LogP contribution is -2.23. The van der Waals surface area contributed by atoms with Gasteiger partial charge in [-0.05, 0) is 32.0 Å². The fourth-order valence-corrected chi connectivity index (χ4v) is 2.84. The molecule has 0 aliphatic heterocycles. The fourth-order valence-electron chi connectivity index (χ4n) is 2.84. The van der Waals surface area contributed by atoms with Crippen molar-refractivity contribution in [1.29, 1.82) is 0 Å². The molecule has 140 valence electrons. The van der Waals surface area contributed by atoms with Crippen LogP contribution in [0.1, 0.15) is 28.4 Å². The molecule has 0 unspecified atom stereocenters. The van der Waals surface area contributed by atoms with Crippen LogP contribution < -0.4 is 10.9 Å². The number of benzene rings is 2. The predicted octanol–water partition coefficient (Wildman–Crippen LogP) is 3.90. The lowest BCUT2D eigenvalue weighted by Gasteiger charge is -2.15. The van der Waals surface area contributed by atoms with Gasteiger partial charge in [0.05, 0.1) is 17.8 Å². The minimum absolute atomic E-state index is 0.0367. The minimum Gasteiger partial charge on any atom is -0.462 e. The van der Waals surface area contributed by atoms with E-state index >= 15 is 0 Å². The highest BCUT2D eigenvalue weighted by atomic mass is 19.1. The van der Waals surface area contributed by atoms with Crippen molar-refractivity contribution in [2.45, 2.75) is 20.4 Å². The highest BCUT2D eigenvalue weighted by Gasteiger charge is 2.21. The highest BCUT2D eigenvalue weighted by molar-refractivity contribution is 6.04. The first kappa shape index (κ1) is 18.6. The Kier molecular flexibility index (Phi) is 5.21. The average molecular weight is 372 g/mol. The maximum absolute atomic E-state index is 14.0. The van der Waals surface area contributed by atoms with E-state index in [2.05, 4.69) is 10.3 Å². The van der Waals surface area contributed by atoms with Gasteiger partial charge in [-0.25, -0.2) is 13.6 Å². The third-order valence-electron chi connectivity index (χ3n) is 4.12. The Labute approximate surface area is 154 Å². The number of halogens is 2. The first-order chi connectivity index (χ1) is 12.9. The molecule has 0 atom stereocenters. The van der Waals surface area contributed by atoms with Crippen LogP contribution in [-0.4, -0.2) is 17.6 Å². The molecule has 3 rings (SSSR count). The molecule has 0 fully saturated rings. The summed E-state index contributed by atoms with van der Waals surface area (Å²) in [7, 11) is 0. The number of hydrogen-bond donors (Lipinski definition) is 2. The number of carbonyl (C=O) groups is 1. The molecular formula is C20H18F2N2O3. The molecule has 27 heavy (non-hydrogen) atoms. The SMILES string of the molecule is CCOC(=O)c1c(NCc2ccc(F)cc2F)c2cc(C)ccc2[nH]c1=O. The van der Waals surface area contributed by atoms with Crippen molar-refractivity contribution in [2.24, 2.45) is 0 Å². The summed E-state index contributed by atoms with van der Waals surface area (Å²) >= 11 is 0. The second-order valence-electron chi connectivity index (χ2n) is 6.06. The second-order valence-corrected chi connectivity index (χ2v) is 6.06. The van der Waals surface area contributed by atoms with E-state index < -0.39 is 23.2 Å². The van der Waals surface area contributed by atoms with Gasteiger partial charge in [-0.2, -0.15) is 0 Å². The standard InChI is InChI=1S/C20H18F2N2O3/c1-3-27-20(26)17-18(23-10-12-5-6-13(21)9-15(12)22)14-8-11(2)4-7-16(14)24-19(17)25/h4-9H,3,10H2,1-2H3,(H2,23,24,25). The molecule has 0 bridgehead atoms. The Morgan fingerprint density at radius 2 is 1.96 bits per heavy atom. The van der Waals surface area contributed by atoms with E-state index in [-0.39, 0.29) is 30.0 Å². The van der Waals surface area contributed by atoms with E-state index in [1.54, 1.807) is 19.1 Å². The number of aromatic nitrogens is 1. The van der Waals surface area contributed by atoms with Crippen LogP contribution in [-0.2, 0) is 11.3 Å². The quantitative estimate of drug-likeness (QED) is 0.667. The number of fused-ring (bicyclic) bond motifs is 1. The van der Waals surface area contributed by atoms with E-state index in [4.69, 9.17) is 4.74 Å². The maximum Gasteiger partial charge on any atom is 0.345 e. The van der Waals surface area contributed by atoms with Gasteiger partial charge in [0.1, 0.15) is 17.2 Å². The number of hydrogen-bond acceptors (Lipinski definition) is 4. The molecule has 2 aromatic carbocycles. The van der Waals surface area contributed by atoms with Gasteiger partial charge >= 0.3 is 5.97 Å². The average Bonchev–Trinajstić information content (AvgIpc) is 2.61. The molecule has 0 aliphatic carbocycles. The van der Waals surface area contributed by atoms with Gasteiger partial charge in [0.2, 0.25) is 0 Å². The zero-order chi connectivity index (χ0) is 19.6. The molecule has 3 aromatic rings. The third kappa shape index (κ3) is 3.81. The molecule has 1 aromatic heterocycles. The Bertz CT molecular complexity index is 1080. The molecular weight excluding hydrogens is 354 g/mol. The third-order valence-corrected chi connectivity index (χ3v) is 4.12. The molecule has 0 spiro atoms. The van der Waals surface area contributed by atoms with Crippen LogP contribution in [0.15, 0.2) is 41.2 Å². The second kappa shape index (κ2) is 7.57. The Hall–Kier alpha value is -3.22. The summed E-state index contributed by atoms with van der Waals surface area (Å²) in [6, 6.07) is 8.59. The summed E-state index contributed by atoms with van der Waals surface area (Å²) in [5, 5.41) is 3.55. The summed E-state index contributed by atoms with van der Waals surface area (Å²) < 4.78 is 32.1. The number of rotatable bonds is 5. The first-order valence-corrected chi connectivity index (χ1v) is 8.42. The van der Waals surface area contributed by atoms with Gasteiger partial charge in [0.15, 0.2) is 0 Å². The van der Waals surface area contributed by atoms with Crippen molar-refractivity contribution < 1.29 is 18.3 Å². The van der Waals surface area contributed by atoms with Gasteiger partial charge in [0.25, 0.3) is 5.56 Å². The number of carbonyl (C=O) groups excluding carboxylic acids is 1. The number of ether oxygens (including phenoxy) is 1. The van der Waals surface area contributed by atoms with Crippen molar-refractivity contribution in [3.05, 3.63) is 75.1 Å². The minimum atomic E-state index is -0.774. The summed E-state index contributed by atoms with van der Waals surface area (Å²) in [6.07, 6.45) is 0. The van der Waals surface area contributed by atoms with Gasteiger partial charge in [0, 0.05) is 23.6 Å². The Balaban J connectivity index is 2.12. The first-order valence-electron chi connectivity index (χ1n) is 8.42. The number of aryl methyl sites for hydroxylation is 1. The smallest absolute Gasteiger partial charge is 0.345 e. The van der Waals surface area contributed by atoms with Crippen LogP contribution in [0, 0.1) is 18.6 Å². The lowest BCUT2D eigenvalue weighted by atomic mass is 10.1. The van der Waals surface area contributed by atoms with Crippen molar-refractivity contribution in [1.82, 2.24) is 4.98 Å². The summed E-state index contributed by atoms with van der Waals surface area (Å²) in [4.78, 5) is 27.5. The lowest BCUT2D eigenvalue weighted by molar-refractivity contribution is 0.0525. The zero-order valence-electron chi connectivity index (χ0n) is 14.9. The van der Waals surface area contributed by atoms with E-state index in [0.29, 0.717) is 10.9 Å². The number of anilines is 1. The largest absolute Gasteiger partial charge is 0.462 e. The van der Waals surface area contributed by atoms with E-state index in [0.717, 1.165) is 17.7 Å². The number of esters is 1. The highest BCUT2D eigenvalue weighted by Crippen LogP contribution is 2.26. The summed E-state index contributed by atoms with van der Waals surface area (Å²) in [5.41, 5.74) is 1.11. The molecule has 0 radical (unpaired) electrons. The number of nitrogens with one attached hydrogen (secondary N) is 2. The van der Waals surface area contributed by atoms with Gasteiger partial charge in [-0.1, -0.05) is 17.7 Å². The van der Waals surface area contributed by atoms with Gasteiger partial charge in [-0.15, -0.1) is 0 Å². The van der Waals surface area contributed by atoms with Crippen LogP contribution in [0.25, 0.3) is 10.9 Å². The molecule has 1 heterocycles. The molecule has 0 aliphatic rings. The molecule has 7 heteroatoms. The molecule has 0 saturated heterocycles. The van der Waals surface area contributed by atoms with E-state index in [1.807, 2.05) is 13.0 Å². The summed E-state index contributed by atoms with van der Waals surface area (Å²) in [6.45, 7) is 3.58. The fraction of sp³-hybridized carbons (Fsp3) is 0.200. The van der Waals surface area contributed by atoms with Gasteiger partial charge < -0.3 is 15.0 Å². The van der Waals surface area contributed by atoms with Crippen molar-refractivity contribution in [3.63, 3.8) is 0 Å². The number of pyridine rings is 1. The molecule has 5 nitrogen and oxygen atoms in total. The zero-order valence-corrected chi connectivity index (χ0v) is 14.9. The van der Waals surface area contributed by atoms with Gasteiger partial charge in [-0.3, -0.25) is 4.79 Å². The van der Waals surface area contributed by atoms with E-state index in [1.165, 1.54) is 6.07 Å². The Morgan fingerprint density at radius 1 is 1.19 bits per heavy atom. The number of H-pyrrole nitrogens is 1. The van der Waals surface area contributed by atoms with Crippen molar-refractivity contribution >= 4 is 22.6 Å². The van der Waals surface area contributed by atoms with E-state index in [9.17, 15) is 18.4 Å². The van der Waals surface area contributed by atoms with Crippen LogP contribution in [0.3, 0.4) is 0 Å². The van der Waals surface area contributed by atoms with Crippen molar-refractivity contribution in [3.8, 4) is 0 Å². The van der Waals surface area contributed by atoms with Crippen molar-refractivity contribution in [2.75, 3.05) is 11.9 Å². The van der Waals surface area contributed by atoms with Crippen LogP contribution in [0.4, 0.5) is 14.5 Å². The molecule has 0 saturated carbocycles. The van der Waals surface area contributed by atoms with Crippen LogP contribution >= 0.6 is 0 Å². The topological polar surface area (TPSA) is 71.2 Å². The molecule has 2 N–H and O–H groups in total. The number of aromatic amines is 1. The predicted molar refractivity (Wildman–Crippen MR) is 98.9 cm³/mol. The monoisotopic (exact) mass is 372 g/mol. The normalized spacial score (nSPS) is 10.8. The van der Waals surface area contributed by atoms with Crippen LogP contribution in [0.2, 0.25) is 0 Å². The van der Waals surface area contributed by atoms with Crippen LogP contribution in [0.5, 0.6) is 0 Å². The maximum atomic E-state index is 14.0. The summed E-state index contributed by atoms with van der Waals surface area (Å²) in [5.74, 6) is -2.17. The molecule has 0 amide bonds. The Morgan fingerprint density at radius 3 is 2.67 bits per heavy atom.